The molecule has 0 bridgehead atoms. The van der Waals surface area contributed by atoms with Crippen LogP contribution in [-0.2, 0) is 4.28 Å². The smallest absolute Gasteiger partial charge is 0.132 e. The zero-order valence-corrected chi connectivity index (χ0v) is 7.94. The van der Waals surface area contributed by atoms with E-state index in [1.807, 2.05) is 24.3 Å². The van der Waals surface area contributed by atoms with Crippen LogP contribution >= 0.6 is 12.2 Å². The summed E-state index contributed by atoms with van der Waals surface area (Å²) in [6.45, 7) is 2.06. The average Bonchev–Trinajstić information content (AvgIpc) is 2.09. The minimum absolute atomic E-state index is 1.03. The van der Waals surface area contributed by atoms with Gasteiger partial charge in [0.15, 0.2) is 0 Å². The molecule has 2 N–H and O–H groups in total. The van der Waals surface area contributed by atoms with E-state index in [0.717, 1.165) is 17.9 Å². The average molecular weight is 184 g/mol. The molecule has 1 rings (SSSR count). The molecule has 3 nitrogen and oxygen atoms in total. The van der Waals surface area contributed by atoms with Crippen LogP contribution in [0.15, 0.2) is 24.3 Å². The van der Waals surface area contributed by atoms with Crippen molar-refractivity contribution >= 4 is 17.9 Å². The fraction of sp³-hybridized carbons (Fsp3) is 0.250. The second-order valence-electron chi connectivity index (χ2n) is 2.34. The summed E-state index contributed by atoms with van der Waals surface area (Å²) < 4.78 is 7.83. The summed E-state index contributed by atoms with van der Waals surface area (Å²) in [5.41, 5.74) is 4.83. The van der Waals surface area contributed by atoms with Crippen molar-refractivity contribution in [1.82, 2.24) is 5.48 Å². The Morgan fingerprint density at radius 1 is 1.25 bits per heavy atom. The maximum Gasteiger partial charge on any atom is 0.132 e. The van der Waals surface area contributed by atoms with Crippen LogP contribution in [0.2, 0.25) is 0 Å². The van der Waals surface area contributed by atoms with E-state index in [0.29, 0.717) is 0 Å². The summed E-state index contributed by atoms with van der Waals surface area (Å²) in [5.74, 6) is 0. The van der Waals surface area contributed by atoms with Gasteiger partial charge in [-0.15, -0.1) is 0 Å². The first-order chi connectivity index (χ1) is 5.83. The molecule has 0 fully saturated rings. The maximum absolute atomic E-state index is 4.82. The van der Waals surface area contributed by atoms with Gasteiger partial charge < -0.3 is 4.72 Å². The van der Waals surface area contributed by atoms with Crippen LogP contribution in [-0.4, -0.2) is 7.05 Å². The molecule has 12 heavy (non-hydrogen) atoms. The number of hydroxylamine groups is 1. The Kier molecular flexibility index (Phi) is 3.93. The highest BCUT2D eigenvalue weighted by molar-refractivity contribution is 7.95. The lowest BCUT2D eigenvalue weighted by Gasteiger charge is -2.03. The molecule has 0 aliphatic heterocycles. The largest absolute Gasteiger partial charge is 0.305 e. The Labute approximate surface area is 76.8 Å². The standard InChI is InChI=1S/C8H12N2OS/c1-7-3-5-8(6-4-7)10-12-11-9-2/h3-6,9-10H,1-2H3. The van der Waals surface area contributed by atoms with Crippen LogP contribution in [0.4, 0.5) is 5.69 Å². The predicted molar refractivity (Wildman–Crippen MR) is 52.5 cm³/mol. The van der Waals surface area contributed by atoms with Gasteiger partial charge in [-0.25, -0.2) is 4.28 Å². The predicted octanol–water partition coefficient (Wildman–Crippen LogP) is 2.12. The summed E-state index contributed by atoms with van der Waals surface area (Å²) >= 11 is 1.15. The number of aryl methyl sites for hydroxylation is 1. The third-order valence-corrected chi connectivity index (χ3v) is 1.91. The van der Waals surface area contributed by atoms with E-state index >= 15 is 0 Å². The zero-order valence-electron chi connectivity index (χ0n) is 7.13. The molecule has 0 saturated carbocycles. The van der Waals surface area contributed by atoms with E-state index in [1.54, 1.807) is 7.05 Å². The fourth-order valence-electron chi connectivity index (χ4n) is 0.732. The number of anilines is 1. The van der Waals surface area contributed by atoms with Crippen molar-refractivity contribution in [2.75, 3.05) is 11.8 Å². The van der Waals surface area contributed by atoms with E-state index in [-0.39, 0.29) is 0 Å². The molecule has 0 unspecified atom stereocenters. The fourth-order valence-corrected chi connectivity index (χ4v) is 1.09. The molecule has 66 valence electrons. The van der Waals surface area contributed by atoms with Crippen molar-refractivity contribution in [1.29, 1.82) is 0 Å². The van der Waals surface area contributed by atoms with Crippen molar-refractivity contribution < 1.29 is 4.28 Å². The summed E-state index contributed by atoms with van der Waals surface area (Å²) in [6, 6.07) is 8.09. The van der Waals surface area contributed by atoms with Crippen LogP contribution in [0.5, 0.6) is 0 Å². The van der Waals surface area contributed by atoms with Crippen molar-refractivity contribution in [3.05, 3.63) is 29.8 Å². The van der Waals surface area contributed by atoms with Crippen molar-refractivity contribution in [3.63, 3.8) is 0 Å². The number of benzene rings is 1. The van der Waals surface area contributed by atoms with Crippen LogP contribution in [0.1, 0.15) is 5.56 Å². The Balaban J connectivity index is 2.37. The molecule has 1 aromatic rings. The third-order valence-electron chi connectivity index (χ3n) is 1.34. The summed E-state index contributed by atoms with van der Waals surface area (Å²) in [7, 11) is 1.71. The van der Waals surface area contributed by atoms with E-state index in [2.05, 4.69) is 17.1 Å². The third kappa shape index (κ3) is 3.13. The summed E-state index contributed by atoms with van der Waals surface area (Å²) in [6.07, 6.45) is 0. The van der Waals surface area contributed by atoms with Gasteiger partial charge in [-0.1, -0.05) is 17.7 Å². The van der Waals surface area contributed by atoms with Crippen molar-refractivity contribution in [2.45, 2.75) is 6.92 Å². The highest BCUT2D eigenvalue weighted by Crippen LogP contribution is 2.12. The Morgan fingerprint density at radius 3 is 2.50 bits per heavy atom. The molecule has 1 aromatic carbocycles. The summed E-state index contributed by atoms with van der Waals surface area (Å²) in [5, 5.41) is 0. The van der Waals surface area contributed by atoms with E-state index < -0.39 is 0 Å². The molecule has 0 radical (unpaired) electrons. The first kappa shape index (κ1) is 9.38. The van der Waals surface area contributed by atoms with Gasteiger partial charge in [-0.3, -0.25) is 0 Å². The summed E-state index contributed by atoms with van der Waals surface area (Å²) in [4.78, 5) is 0. The molecule has 0 spiro atoms. The number of hydrogen-bond acceptors (Lipinski definition) is 4. The Hall–Kier alpha value is -0.710. The van der Waals surface area contributed by atoms with Gasteiger partial charge in [0.2, 0.25) is 0 Å². The lowest BCUT2D eigenvalue weighted by molar-refractivity contribution is 0.273. The molecule has 0 heterocycles. The van der Waals surface area contributed by atoms with Crippen molar-refractivity contribution in [3.8, 4) is 0 Å². The second kappa shape index (κ2) is 5.03. The topological polar surface area (TPSA) is 33.3 Å². The normalized spacial score (nSPS) is 9.83. The molecule has 4 heteroatoms. The van der Waals surface area contributed by atoms with Crippen LogP contribution in [0, 0.1) is 6.92 Å². The first-order valence-electron chi connectivity index (χ1n) is 3.65. The Bertz CT molecular complexity index is 225. The highest BCUT2D eigenvalue weighted by atomic mass is 32.2. The van der Waals surface area contributed by atoms with Gasteiger partial charge >= 0.3 is 0 Å². The minimum Gasteiger partial charge on any atom is -0.305 e. The van der Waals surface area contributed by atoms with E-state index in [1.165, 1.54) is 5.56 Å². The monoisotopic (exact) mass is 184 g/mol. The quantitative estimate of drug-likeness (QED) is 0.325. The van der Waals surface area contributed by atoms with Gasteiger partial charge in [-0.05, 0) is 19.1 Å². The molecule has 0 aliphatic rings. The first-order valence-corrected chi connectivity index (χ1v) is 4.39. The molecule has 0 amide bonds. The number of hydrogen-bond donors (Lipinski definition) is 2. The number of nitrogens with one attached hydrogen (secondary N) is 2. The highest BCUT2D eigenvalue weighted by Gasteiger charge is 1.90. The Morgan fingerprint density at radius 2 is 1.92 bits per heavy atom. The molecule has 0 atom stereocenters. The molecule has 0 aliphatic carbocycles. The minimum atomic E-state index is 1.03. The second-order valence-corrected chi connectivity index (χ2v) is 2.88. The van der Waals surface area contributed by atoms with Gasteiger partial charge in [0.05, 0.1) is 0 Å². The van der Waals surface area contributed by atoms with Gasteiger partial charge in [-0.2, -0.15) is 5.48 Å². The van der Waals surface area contributed by atoms with Gasteiger partial charge in [0.1, 0.15) is 12.2 Å². The lowest BCUT2D eigenvalue weighted by Crippen LogP contribution is -2.02. The van der Waals surface area contributed by atoms with Gasteiger partial charge in [0.25, 0.3) is 0 Å². The zero-order chi connectivity index (χ0) is 8.81. The molecule has 0 aromatic heterocycles. The maximum atomic E-state index is 4.82. The van der Waals surface area contributed by atoms with Crippen LogP contribution in [0.25, 0.3) is 0 Å². The van der Waals surface area contributed by atoms with Crippen LogP contribution < -0.4 is 10.2 Å². The van der Waals surface area contributed by atoms with Crippen molar-refractivity contribution in [2.24, 2.45) is 0 Å². The molecular formula is C8H12N2OS. The number of rotatable bonds is 4. The lowest BCUT2D eigenvalue weighted by atomic mass is 10.2. The molecular weight excluding hydrogens is 172 g/mol. The van der Waals surface area contributed by atoms with E-state index in [9.17, 15) is 0 Å². The molecule has 0 saturated heterocycles. The van der Waals surface area contributed by atoms with Gasteiger partial charge in [0, 0.05) is 12.7 Å². The SMILES string of the molecule is CNOSNc1ccc(C)cc1. The van der Waals surface area contributed by atoms with Crippen LogP contribution in [0.3, 0.4) is 0 Å². The van der Waals surface area contributed by atoms with E-state index in [4.69, 9.17) is 4.28 Å².